The van der Waals surface area contributed by atoms with Crippen molar-refractivity contribution in [3.05, 3.63) is 0 Å². The largest absolute Gasteiger partial charge is 0.466 e. The minimum Gasteiger partial charge on any atom is -0.303 e. The second kappa shape index (κ2) is 19.1. The molecule has 16 nitrogen and oxygen atoms in total. The van der Waals surface area contributed by atoms with Gasteiger partial charge < -0.3 is 58.7 Å². The van der Waals surface area contributed by atoms with Gasteiger partial charge in [0, 0.05) is 58.4 Å². The molecule has 0 aliphatic carbocycles. The van der Waals surface area contributed by atoms with E-state index in [2.05, 4.69) is 0 Å². The van der Waals surface area contributed by atoms with Crippen molar-refractivity contribution in [2.75, 3.05) is 0 Å². The first-order valence-corrected chi connectivity index (χ1v) is 9.39. The summed E-state index contributed by atoms with van der Waals surface area (Å²) in [4.78, 5) is 86.2. The van der Waals surface area contributed by atoms with Crippen LogP contribution in [-0.2, 0) is 76.7 Å². The van der Waals surface area contributed by atoms with E-state index in [9.17, 15) is 0 Å². The zero-order valence-electron chi connectivity index (χ0n) is 10.9. The molecular weight excluding hydrogens is 576 g/mol. The van der Waals surface area contributed by atoms with E-state index >= 15 is 0 Å². The van der Waals surface area contributed by atoms with Gasteiger partial charge in [0.05, 0.1) is 0 Å². The molecule has 0 amide bonds. The molecule has 134 valence electrons. The van der Waals surface area contributed by atoms with Gasteiger partial charge in [-0.3, -0.25) is 0 Å². The van der Waals surface area contributed by atoms with Gasteiger partial charge in [0.25, 0.3) is 0 Å². The Bertz CT molecular complexity index is 292. The van der Waals surface area contributed by atoms with E-state index in [4.69, 9.17) is 77.0 Å². The van der Waals surface area contributed by atoms with Gasteiger partial charge in [0.15, 0.2) is 0 Å². The van der Waals surface area contributed by atoms with Crippen LogP contribution in [0.3, 0.4) is 0 Å². The Morgan fingerprint density at radius 2 is 0.304 bits per heavy atom. The fourth-order valence-electron chi connectivity index (χ4n) is 0. The van der Waals surface area contributed by atoms with Crippen molar-refractivity contribution >= 4 is 31.3 Å². The second-order valence-corrected chi connectivity index (χ2v) is 6.16. The maximum Gasteiger partial charge on any atom is 0.466 e. The van der Waals surface area contributed by atoms with Crippen LogP contribution >= 0.6 is 31.3 Å². The Balaban J connectivity index is -0.0000000284. The van der Waals surface area contributed by atoms with Crippen molar-refractivity contribution in [1.29, 1.82) is 0 Å². The van der Waals surface area contributed by atoms with Crippen molar-refractivity contribution in [3.63, 3.8) is 0 Å². The molecular formula is H12O16P4Zn3. The number of phosphoric acid groups is 4. The number of rotatable bonds is 0. The molecule has 0 rings (SSSR count). The van der Waals surface area contributed by atoms with Crippen molar-refractivity contribution in [3.8, 4) is 0 Å². The Morgan fingerprint density at radius 1 is 0.304 bits per heavy atom. The number of hydrogen-bond donors (Lipinski definition) is 12. The van der Waals surface area contributed by atoms with Gasteiger partial charge in [0.1, 0.15) is 0 Å². The standard InChI is InChI=1S/4H3O4P.3Zn/c4*1-5(2,3)4;;;/h4*(H3,1,2,3,4);;;. The predicted molar refractivity (Wildman–Crippen MR) is 57.1 cm³/mol. The molecule has 0 heterocycles. The molecule has 0 saturated carbocycles. The van der Waals surface area contributed by atoms with Gasteiger partial charge in [-0.2, -0.15) is 0 Å². The zero-order valence-corrected chi connectivity index (χ0v) is 23.4. The van der Waals surface area contributed by atoms with Gasteiger partial charge in [0.2, 0.25) is 0 Å². The van der Waals surface area contributed by atoms with Crippen molar-refractivity contribution in [1.82, 2.24) is 0 Å². The summed E-state index contributed by atoms with van der Waals surface area (Å²) >= 11 is 0. The summed E-state index contributed by atoms with van der Waals surface area (Å²) < 4.78 is 35.5. The zero-order chi connectivity index (χ0) is 18.0. The predicted octanol–water partition coefficient (Wildman–Crippen LogP) is -3.72. The topological polar surface area (TPSA) is 311 Å². The van der Waals surface area contributed by atoms with Gasteiger partial charge in [-0.25, -0.2) is 18.3 Å². The molecule has 23 heavy (non-hydrogen) atoms. The monoisotopic (exact) mass is 584 g/mol. The molecule has 0 atom stereocenters. The molecule has 12 N–H and O–H groups in total. The van der Waals surface area contributed by atoms with E-state index in [1.54, 1.807) is 0 Å². The third kappa shape index (κ3) is 2270. The average Bonchev–Trinajstić information content (AvgIpc) is 1.62. The first-order valence-electron chi connectivity index (χ1n) is 3.13. The van der Waals surface area contributed by atoms with Crippen LogP contribution in [-0.4, -0.2) is 58.7 Å². The molecule has 0 fully saturated rings. The molecule has 0 aliphatic rings. The summed E-state index contributed by atoms with van der Waals surface area (Å²) in [6, 6.07) is 0. The molecule has 0 aromatic heterocycles. The van der Waals surface area contributed by atoms with Crippen LogP contribution in [0, 0.1) is 0 Å². The van der Waals surface area contributed by atoms with Crippen LogP contribution < -0.4 is 0 Å². The first-order chi connectivity index (χ1) is 8.00. The maximum absolute atomic E-state index is 8.88. The van der Waals surface area contributed by atoms with Crippen LogP contribution in [0.5, 0.6) is 0 Å². The minimum atomic E-state index is -4.64. The van der Waals surface area contributed by atoms with Gasteiger partial charge in [-0.1, -0.05) is 0 Å². The fraction of sp³-hybridized carbons (Fsp3) is 0. The Hall–Kier alpha value is 2.31. The van der Waals surface area contributed by atoms with Gasteiger partial charge in [-0.05, 0) is 0 Å². The second-order valence-electron chi connectivity index (χ2n) is 2.05. The quantitative estimate of drug-likeness (QED) is 0.0956. The normalized spacial score (nSPS) is 10.3. The summed E-state index contributed by atoms with van der Waals surface area (Å²) in [7, 11) is -18.6. The smallest absolute Gasteiger partial charge is 0.303 e. The minimum absolute atomic E-state index is 0. The summed E-state index contributed by atoms with van der Waals surface area (Å²) in [5, 5.41) is 0. The molecule has 0 bridgehead atoms. The molecule has 0 radical (unpaired) electrons. The summed E-state index contributed by atoms with van der Waals surface area (Å²) in [5.74, 6) is 0. The van der Waals surface area contributed by atoms with E-state index < -0.39 is 31.3 Å². The molecule has 0 spiro atoms. The molecule has 0 aromatic rings. The Morgan fingerprint density at radius 3 is 0.304 bits per heavy atom. The SMILES string of the molecule is O=P(O)(O)O.O=P(O)(O)O.O=P(O)(O)O.O=P(O)(O)O.[Zn].[Zn].[Zn]. The van der Waals surface area contributed by atoms with Crippen LogP contribution in [0.15, 0.2) is 0 Å². The van der Waals surface area contributed by atoms with Crippen LogP contribution in [0.25, 0.3) is 0 Å². The maximum atomic E-state index is 8.88. The van der Waals surface area contributed by atoms with E-state index in [0.29, 0.717) is 0 Å². The van der Waals surface area contributed by atoms with Gasteiger partial charge in [-0.15, -0.1) is 0 Å². The van der Waals surface area contributed by atoms with E-state index in [1.807, 2.05) is 0 Å². The molecule has 0 aromatic carbocycles. The van der Waals surface area contributed by atoms with E-state index in [0.717, 1.165) is 0 Å². The summed E-state index contributed by atoms with van der Waals surface area (Å²) in [6.45, 7) is 0. The fourth-order valence-corrected chi connectivity index (χ4v) is 0. The molecule has 0 unspecified atom stereocenters. The van der Waals surface area contributed by atoms with Crippen LogP contribution in [0.4, 0.5) is 0 Å². The first kappa shape index (κ1) is 44.6. The van der Waals surface area contributed by atoms with E-state index in [1.165, 1.54) is 0 Å². The van der Waals surface area contributed by atoms with Crippen molar-refractivity contribution < 1.29 is 135 Å². The van der Waals surface area contributed by atoms with Crippen molar-refractivity contribution in [2.45, 2.75) is 0 Å². The Labute approximate surface area is 166 Å². The summed E-state index contributed by atoms with van der Waals surface area (Å²) in [6.07, 6.45) is 0. The van der Waals surface area contributed by atoms with E-state index in [-0.39, 0.29) is 58.4 Å². The average molecular weight is 588 g/mol. The molecule has 0 aliphatic heterocycles. The Kier molecular flexibility index (Phi) is 37.0. The van der Waals surface area contributed by atoms with Crippen LogP contribution in [0.1, 0.15) is 0 Å². The third-order valence-electron chi connectivity index (χ3n) is 0. The molecule has 23 heteroatoms. The molecule has 0 saturated heterocycles. The van der Waals surface area contributed by atoms with Gasteiger partial charge >= 0.3 is 31.3 Å². The van der Waals surface area contributed by atoms with Crippen LogP contribution in [0.2, 0.25) is 0 Å². The number of hydrogen-bond acceptors (Lipinski definition) is 4. The summed E-state index contributed by atoms with van der Waals surface area (Å²) in [5.41, 5.74) is 0. The third-order valence-corrected chi connectivity index (χ3v) is 0. The van der Waals surface area contributed by atoms with Crippen molar-refractivity contribution in [2.24, 2.45) is 0 Å².